The monoisotopic (exact) mass is 233 g/mol. The van der Waals surface area contributed by atoms with Gasteiger partial charge in [-0.05, 0) is 36.2 Å². The van der Waals surface area contributed by atoms with Gasteiger partial charge in [-0.2, -0.15) is 0 Å². The van der Waals surface area contributed by atoms with Crippen LogP contribution in [0.3, 0.4) is 0 Å². The van der Waals surface area contributed by atoms with Crippen LogP contribution in [0.25, 0.3) is 11.1 Å². The molecular formula is C14H13F2N. The van der Waals surface area contributed by atoms with Crippen LogP contribution in [0.2, 0.25) is 0 Å². The molecule has 0 saturated heterocycles. The average molecular weight is 233 g/mol. The van der Waals surface area contributed by atoms with E-state index >= 15 is 0 Å². The van der Waals surface area contributed by atoms with Gasteiger partial charge in [0.05, 0.1) is 0 Å². The third kappa shape index (κ3) is 2.50. The number of benzene rings is 2. The van der Waals surface area contributed by atoms with E-state index in [0.717, 1.165) is 17.2 Å². The molecule has 0 aliphatic rings. The van der Waals surface area contributed by atoms with Gasteiger partial charge in [-0.25, -0.2) is 8.78 Å². The van der Waals surface area contributed by atoms with Gasteiger partial charge in [-0.1, -0.05) is 24.3 Å². The second kappa shape index (κ2) is 5.06. The quantitative estimate of drug-likeness (QED) is 0.866. The molecule has 2 aromatic carbocycles. The van der Waals surface area contributed by atoms with Gasteiger partial charge in [0.15, 0.2) is 0 Å². The molecule has 2 N–H and O–H groups in total. The van der Waals surface area contributed by atoms with Crippen molar-refractivity contribution in [1.29, 1.82) is 0 Å². The maximum atomic E-state index is 13.7. The molecule has 2 rings (SSSR count). The summed E-state index contributed by atoms with van der Waals surface area (Å²) in [7, 11) is 0. The Hall–Kier alpha value is -1.74. The fourth-order valence-electron chi connectivity index (χ4n) is 1.86. The normalized spacial score (nSPS) is 10.5. The van der Waals surface area contributed by atoms with Gasteiger partial charge in [0.2, 0.25) is 0 Å². The van der Waals surface area contributed by atoms with E-state index in [1.165, 1.54) is 12.1 Å². The lowest BCUT2D eigenvalue weighted by molar-refractivity contribution is 0.585. The molecule has 0 fully saturated rings. The maximum Gasteiger partial charge on any atom is 0.133 e. The first-order valence-electron chi connectivity index (χ1n) is 5.46. The van der Waals surface area contributed by atoms with Crippen LogP contribution in [0.15, 0.2) is 42.5 Å². The van der Waals surface area contributed by atoms with E-state index in [9.17, 15) is 8.78 Å². The predicted octanol–water partition coefficient (Wildman–Crippen LogP) is 3.13. The second-order valence-electron chi connectivity index (χ2n) is 3.82. The third-order valence-electron chi connectivity index (χ3n) is 2.65. The molecule has 88 valence electrons. The Bertz CT molecular complexity index is 523. The summed E-state index contributed by atoms with van der Waals surface area (Å²) >= 11 is 0. The summed E-state index contributed by atoms with van der Waals surface area (Å²) in [6.07, 6.45) is 0.674. The molecule has 0 bridgehead atoms. The fourth-order valence-corrected chi connectivity index (χ4v) is 1.86. The van der Waals surface area contributed by atoms with Crippen LogP contribution >= 0.6 is 0 Å². The van der Waals surface area contributed by atoms with E-state index in [-0.39, 0.29) is 0 Å². The highest BCUT2D eigenvalue weighted by atomic mass is 19.1. The molecule has 0 aromatic heterocycles. The van der Waals surface area contributed by atoms with Crippen LogP contribution in [0.1, 0.15) is 5.56 Å². The zero-order valence-electron chi connectivity index (χ0n) is 9.29. The van der Waals surface area contributed by atoms with Crippen LogP contribution in [-0.4, -0.2) is 6.54 Å². The first-order chi connectivity index (χ1) is 8.22. The zero-order valence-corrected chi connectivity index (χ0v) is 9.29. The Kier molecular flexibility index (Phi) is 3.49. The largest absolute Gasteiger partial charge is 0.330 e. The summed E-state index contributed by atoms with van der Waals surface area (Å²) in [6.45, 7) is 0.500. The van der Waals surface area contributed by atoms with E-state index in [1.807, 2.05) is 24.3 Å². The number of halogens is 2. The van der Waals surface area contributed by atoms with Gasteiger partial charge >= 0.3 is 0 Å². The van der Waals surface area contributed by atoms with Gasteiger partial charge in [0.1, 0.15) is 11.6 Å². The van der Waals surface area contributed by atoms with Crippen molar-refractivity contribution in [1.82, 2.24) is 0 Å². The summed E-state index contributed by atoms with van der Waals surface area (Å²) in [4.78, 5) is 0. The summed E-state index contributed by atoms with van der Waals surface area (Å²) in [6, 6.07) is 11.1. The summed E-state index contributed by atoms with van der Waals surface area (Å²) in [5.41, 5.74) is 7.67. The number of nitrogens with two attached hydrogens (primary N) is 1. The van der Waals surface area contributed by atoms with E-state index in [4.69, 9.17) is 5.73 Å². The molecule has 0 aliphatic heterocycles. The van der Waals surface area contributed by atoms with Crippen molar-refractivity contribution in [3.63, 3.8) is 0 Å². The van der Waals surface area contributed by atoms with Crippen molar-refractivity contribution >= 4 is 0 Å². The summed E-state index contributed by atoms with van der Waals surface area (Å²) in [5, 5.41) is 0. The Morgan fingerprint density at radius 2 is 1.71 bits per heavy atom. The minimum absolute atomic E-state index is 0.412. The minimum Gasteiger partial charge on any atom is -0.330 e. The van der Waals surface area contributed by atoms with Crippen LogP contribution in [-0.2, 0) is 6.42 Å². The highest BCUT2D eigenvalue weighted by molar-refractivity contribution is 5.68. The van der Waals surface area contributed by atoms with Crippen molar-refractivity contribution in [3.8, 4) is 11.1 Å². The molecule has 1 nitrogen and oxygen atoms in total. The lowest BCUT2D eigenvalue weighted by Gasteiger charge is -2.09. The second-order valence-corrected chi connectivity index (χ2v) is 3.82. The van der Waals surface area contributed by atoms with E-state index < -0.39 is 11.6 Å². The fraction of sp³-hybridized carbons (Fsp3) is 0.143. The Morgan fingerprint density at radius 3 is 2.41 bits per heavy atom. The molecule has 17 heavy (non-hydrogen) atoms. The number of hydrogen-bond donors (Lipinski definition) is 1. The standard InChI is InChI=1S/C14H13F2N/c15-11-5-6-13(14(16)9-11)12-4-2-1-3-10(12)7-8-17/h1-6,9H,7-8,17H2. The Morgan fingerprint density at radius 1 is 0.941 bits per heavy atom. The third-order valence-corrected chi connectivity index (χ3v) is 2.65. The molecule has 0 spiro atoms. The van der Waals surface area contributed by atoms with Gasteiger partial charge in [0, 0.05) is 11.6 Å². The van der Waals surface area contributed by atoms with Gasteiger partial charge in [-0.3, -0.25) is 0 Å². The van der Waals surface area contributed by atoms with Crippen molar-refractivity contribution in [2.45, 2.75) is 6.42 Å². The predicted molar refractivity (Wildman–Crippen MR) is 64.6 cm³/mol. The molecule has 0 radical (unpaired) electrons. The highest BCUT2D eigenvalue weighted by Gasteiger charge is 2.09. The average Bonchev–Trinajstić information content (AvgIpc) is 2.31. The smallest absolute Gasteiger partial charge is 0.133 e. The Labute approximate surface area is 98.9 Å². The molecule has 0 unspecified atom stereocenters. The first-order valence-corrected chi connectivity index (χ1v) is 5.46. The summed E-state index contributed by atoms with van der Waals surface area (Å²) in [5.74, 6) is -1.11. The molecular weight excluding hydrogens is 220 g/mol. The maximum absolute atomic E-state index is 13.7. The highest BCUT2D eigenvalue weighted by Crippen LogP contribution is 2.26. The van der Waals surface area contributed by atoms with Gasteiger partial charge in [-0.15, -0.1) is 0 Å². The van der Waals surface area contributed by atoms with Crippen molar-refractivity contribution < 1.29 is 8.78 Å². The Balaban J connectivity index is 2.52. The van der Waals surface area contributed by atoms with Gasteiger partial charge in [0.25, 0.3) is 0 Å². The topological polar surface area (TPSA) is 26.0 Å². The first kappa shape index (κ1) is 11.7. The zero-order chi connectivity index (χ0) is 12.3. The number of hydrogen-bond acceptors (Lipinski definition) is 1. The van der Waals surface area contributed by atoms with Crippen LogP contribution < -0.4 is 5.73 Å². The molecule has 0 heterocycles. The lowest BCUT2D eigenvalue weighted by atomic mass is 9.97. The van der Waals surface area contributed by atoms with E-state index in [2.05, 4.69) is 0 Å². The minimum atomic E-state index is -0.567. The van der Waals surface area contributed by atoms with Crippen LogP contribution in [0, 0.1) is 11.6 Å². The van der Waals surface area contributed by atoms with E-state index in [1.54, 1.807) is 0 Å². The molecule has 0 saturated carbocycles. The van der Waals surface area contributed by atoms with Crippen LogP contribution in [0.4, 0.5) is 8.78 Å². The molecule has 2 aromatic rings. The lowest BCUT2D eigenvalue weighted by Crippen LogP contribution is -2.04. The van der Waals surface area contributed by atoms with Crippen LogP contribution in [0.5, 0.6) is 0 Å². The van der Waals surface area contributed by atoms with E-state index in [0.29, 0.717) is 18.5 Å². The molecule has 0 atom stereocenters. The number of rotatable bonds is 3. The molecule has 0 aliphatic carbocycles. The SMILES string of the molecule is NCCc1ccccc1-c1ccc(F)cc1F. The summed E-state index contributed by atoms with van der Waals surface area (Å²) < 4.78 is 26.5. The van der Waals surface area contributed by atoms with Crippen molar-refractivity contribution in [3.05, 3.63) is 59.7 Å². The molecule has 0 amide bonds. The van der Waals surface area contributed by atoms with Crippen molar-refractivity contribution in [2.24, 2.45) is 5.73 Å². The van der Waals surface area contributed by atoms with Gasteiger partial charge < -0.3 is 5.73 Å². The molecule has 3 heteroatoms. The van der Waals surface area contributed by atoms with Crippen molar-refractivity contribution in [2.75, 3.05) is 6.54 Å².